The SMILES string of the molecule is NC1(CO)CCC(Oc2cccc(F)c2F)C1. The van der Waals surface area contributed by atoms with Gasteiger partial charge in [-0.25, -0.2) is 4.39 Å². The molecular weight excluding hydrogens is 228 g/mol. The van der Waals surface area contributed by atoms with Crippen LogP contribution in [0.4, 0.5) is 8.78 Å². The van der Waals surface area contributed by atoms with Crippen molar-refractivity contribution in [3.63, 3.8) is 0 Å². The van der Waals surface area contributed by atoms with E-state index < -0.39 is 17.2 Å². The average molecular weight is 243 g/mol. The molecule has 0 aliphatic heterocycles. The van der Waals surface area contributed by atoms with Crippen molar-refractivity contribution in [2.24, 2.45) is 5.73 Å². The fourth-order valence-electron chi connectivity index (χ4n) is 2.10. The zero-order chi connectivity index (χ0) is 12.5. The highest BCUT2D eigenvalue weighted by Gasteiger charge is 2.36. The highest BCUT2D eigenvalue weighted by Crippen LogP contribution is 2.31. The summed E-state index contributed by atoms with van der Waals surface area (Å²) in [6, 6.07) is 3.82. The molecule has 0 heterocycles. The van der Waals surface area contributed by atoms with E-state index in [0.717, 1.165) is 6.07 Å². The largest absolute Gasteiger partial charge is 0.487 e. The minimum absolute atomic E-state index is 0.0998. The summed E-state index contributed by atoms with van der Waals surface area (Å²) in [5, 5.41) is 9.09. The van der Waals surface area contributed by atoms with Crippen molar-refractivity contribution < 1.29 is 18.6 Å². The Balaban J connectivity index is 2.05. The number of halogens is 2. The van der Waals surface area contributed by atoms with Crippen LogP contribution in [0.1, 0.15) is 19.3 Å². The molecule has 0 amide bonds. The predicted molar refractivity (Wildman–Crippen MR) is 58.6 cm³/mol. The second kappa shape index (κ2) is 4.58. The topological polar surface area (TPSA) is 55.5 Å². The highest BCUT2D eigenvalue weighted by atomic mass is 19.2. The molecule has 0 spiro atoms. The minimum Gasteiger partial charge on any atom is -0.487 e. The van der Waals surface area contributed by atoms with E-state index in [4.69, 9.17) is 15.6 Å². The van der Waals surface area contributed by atoms with E-state index in [1.54, 1.807) is 0 Å². The summed E-state index contributed by atoms with van der Waals surface area (Å²) in [5.41, 5.74) is 5.21. The van der Waals surface area contributed by atoms with Crippen LogP contribution in [0.5, 0.6) is 5.75 Å². The van der Waals surface area contributed by atoms with Crippen molar-refractivity contribution in [1.29, 1.82) is 0 Å². The summed E-state index contributed by atoms with van der Waals surface area (Å²) in [4.78, 5) is 0. The van der Waals surface area contributed by atoms with Crippen LogP contribution < -0.4 is 10.5 Å². The van der Waals surface area contributed by atoms with Gasteiger partial charge in [-0.1, -0.05) is 6.07 Å². The molecule has 94 valence electrons. The van der Waals surface area contributed by atoms with Crippen LogP contribution in [0.15, 0.2) is 18.2 Å². The molecule has 0 aromatic heterocycles. The lowest BCUT2D eigenvalue weighted by molar-refractivity contribution is 0.161. The molecule has 1 aliphatic rings. The number of benzene rings is 1. The quantitative estimate of drug-likeness (QED) is 0.847. The molecular formula is C12H15F2NO2. The van der Waals surface area contributed by atoms with Crippen LogP contribution in [0.2, 0.25) is 0 Å². The van der Waals surface area contributed by atoms with Crippen molar-refractivity contribution in [1.82, 2.24) is 0 Å². The third kappa shape index (κ3) is 2.56. The van der Waals surface area contributed by atoms with Gasteiger partial charge in [0.15, 0.2) is 11.6 Å². The maximum absolute atomic E-state index is 13.3. The number of aliphatic hydroxyl groups excluding tert-OH is 1. The van der Waals surface area contributed by atoms with Crippen LogP contribution in [-0.2, 0) is 0 Å². The molecule has 0 radical (unpaired) electrons. The summed E-state index contributed by atoms with van der Waals surface area (Å²) in [7, 11) is 0. The van der Waals surface area contributed by atoms with E-state index in [2.05, 4.69) is 0 Å². The Bertz CT molecular complexity index is 413. The fraction of sp³-hybridized carbons (Fsp3) is 0.500. The van der Waals surface area contributed by atoms with E-state index >= 15 is 0 Å². The summed E-state index contributed by atoms with van der Waals surface area (Å²) >= 11 is 0. The normalized spacial score (nSPS) is 28.4. The summed E-state index contributed by atoms with van der Waals surface area (Å²) in [5.74, 6) is -2.01. The van der Waals surface area contributed by atoms with Crippen molar-refractivity contribution in [2.75, 3.05) is 6.61 Å². The van der Waals surface area contributed by atoms with E-state index in [0.29, 0.717) is 19.3 Å². The van der Waals surface area contributed by atoms with Gasteiger partial charge in [-0.05, 0) is 25.0 Å². The van der Waals surface area contributed by atoms with Gasteiger partial charge in [0.25, 0.3) is 0 Å². The highest BCUT2D eigenvalue weighted by molar-refractivity contribution is 5.25. The third-order valence-electron chi connectivity index (χ3n) is 3.12. The zero-order valence-electron chi connectivity index (χ0n) is 9.33. The monoisotopic (exact) mass is 243 g/mol. The van der Waals surface area contributed by atoms with E-state index in [1.807, 2.05) is 0 Å². The molecule has 3 N–H and O–H groups in total. The predicted octanol–water partition coefficient (Wildman–Crippen LogP) is 1.59. The second-order valence-corrected chi connectivity index (χ2v) is 4.56. The van der Waals surface area contributed by atoms with Crippen LogP contribution in [0.3, 0.4) is 0 Å². The number of nitrogens with two attached hydrogens (primary N) is 1. The number of ether oxygens (including phenoxy) is 1. The minimum atomic E-state index is -0.981. The Labute approximate surface area is 98.2 Å². The standard InChI is InChI=1S/C12H15F2NO2/c13-9-2-1-3-10(11(9)14)17-8-4-5-12(15,6-8)7-16/h1-3,8,16H,4-7,15H2. The van der Waals surface area contributed by atoms with Gasteiger partial charge >= 0.3 is 0 Å². The molecule has 1 aromatic carbocycles. The van der Waals surface area contributed by atoms with Gasteiger partial charge in [-0.2, -0.15) is 4.39 Å². The number of aliphatic hydroxyl groups is 1. The number of hydrogen-bond acceptors (Lipinski definition) is 3. The molecule has 0 saturated heterocycles. The molecule has 1 saturated carbocycles. The molecule has 3 nitrogen and oxygen atoms in total. The molecule has 1 aromatic rings. The average Bonchev–Trinajstić information content (AvgIpc) is 2.68. The molecule has 0 bridgehead atoms. The summed E-state index contributed by atoms with van der Waals surface area (Å²) in [6.45, 7) is -0.126. The van der Waals surface area contributed by atoms with Gasteiger partial charge in [0.2, 0.25) is 5.82 Å². The second-order valence-electron chi connectivity index (χ2n) is 4.56. The molecule has 1 fully saturated rings. The van der Waals surface area contributed by atoms with Gasteiger partial charge in [0.1, 0.15) is 6.10 Å². The molecule has 5 heteroatoms. The fourth-order valence-corrected chi connectivity index (χ4v) is 2.10. The van der Waals surface area contributed by atoms with Crippen LogP contribution >= 0.6 is 0 Å². The molecule has 2 rings (SSSR count). The lowest BCUT2D eigenvalue weighted by Gasteiger charge is -2.21. The maximum Gasteiger partial charge on any atom is 0.200 e. The van der Waals surface area contributed by atoms with Crippen LogP contribution in [0.25, 0.3) is 0 Å². The molecule has 1 aliphatic carbocycles. The van der Waals surface area contributed by atoms with Crippen LogP contribution in [-0.4, -0.2) is 23.4 Å². The first-order chi connectivity index (χ1) is 8.04. The van der Waals surface area contributed by atoms with E-state index in [9.17, 15) is 8.78 Å². The maximum atomic E-state index is 13.3. The smallest absolute Gasteiger partial charge is 0.200 e. The van der Waals surface area contributed by atoms with Crippen LogP contribution in [0, 0.1) is 11.6 Å². The van der Waals surface area contributed by atoms with Crippen molar-refractivity contribution in [2.45, 2.75) is 30.9 Å². The zero-order valence-corrected chi connectivity index (χ0v) is 9.33. The van der Waals surface area contributed by atoms with Crippen molar-refractivity contribution in [3.05, 3.63) is 29.8 Å². The third-order valence-corrected chi connectivity index (χ3v) is 3.12. The number of hydrogen-bond donors (Lipinski definition) is 2. The van der Waals surface area contributed by atoms with E-state index in [-0.39, 0.29) is 18.5 Å². The Hall–Kier alpha value is -1.20. The van der Waals surface area contributed by atoms with Crippen molar-refractivity contribution >= 4 is 0 Å². The Morgan fingerprint density at radius 3 is 2.88 bits per heavy atom. The molecule has 17 heavy (non-hydrogen) atoms. The van der Waals surface area contributed by atoms with E-state index in [1.165, 1.54) is 12.1 Å². The summed E-state index contributed by atoms with van der Waals surface area (Å²) in [6.07, 6.45) is 1.42. The Morgan fingerprint density at radius 1 is 1.47 bits per heavy atom. The number of rotatable bonds is 3. The molecule has 2 atom stereocenters. The Morgan fingerprint density at radius 2 is 2.24 bits per heavy atom. The summed E-state index contributed by atoms with van der Waals surface area (Å²) < 4.78 is 31.7. The van der Waals surface area contributed by atoms with Crippen molar-refractivity contribution in [3.8, 4) is 5.75 Å². The van der Waals surface area contributed by atoms with Gasteiger partial charge < -0.3 is 15.6 Å². The lowest BCUT2D eigenvalue weighted by Crippen LogP contribution is -2.41. The van der Waals surface area contributed by atoms with Gasteiger partial charge in [-0.15, -0.1) is 0 Å². The Kier molecular flexibility index (Phi) is 3.31. The van der Waals surface area contributed by atoms with Gasteiger partial charge in [0, 0.05) is 12.0 Å². The van der Waals surface area contributed by atoms with Gasteiger partial charge in [0.05, 0.1) is 6.61 Å². The first kappa shape index (κ1) is 12.3. The first-order valence-corrected chi connectivity index (χ1v) is 5.54. The first-order valence-electron chi connectivity index (χ1n) is 5.54. The lowest BCUT2D eigenvalue weighted by atomic mass is 10.0. The molecule has 2 unspecified atom stereocenters. The van der Waals surface area contributed by atoms with Gasteiger partial charge in [-0.3, -0.25) is 0 Å².